The van der Waals surface area contributed by atoms with Gasteiger partial charge in [-0.25, -0.2) is 0 Å². The quantitative estimate of drug-likeness (QED) is 0.908. The summed E-state index contributed by atoms with van der Waals surface area (Å²) in [5.41, 5.74) is 0. The maximum Gasteiger partial charge on any atom is 0.307 e. The fourth-order valence-corrected chi connectivity index (χ4v) is 2.86. The second-order valence-electron chi connectivity index (χ2n) is 5.41. The highest BCUT2D eigenvalue weighted by Crippen LogP contribution is 2.24. The summed E-state index contributed by atoms with van der Waals surface area (Å²) < 4.78 is 5.65. The van der Waals surface area contributed by atoms with E-state index >= 15 is 0 Å². The summed E-state index contributed by atoms with van der Waals surface area (Å²) in [6.45, 7) is 4.86. The molecule has 2 unspecified atom stereocenters. The van der Waals surface area contributed by atoms with Crippen LogP contribution in [0.3, 0.4) is 0 Å². The SMILES string of the molecule is CC1CC(C(=O)O)CN(CCOc2ccccc2Cl)C1. The summed E-state index contributed by atoms with van der Waals surface area (Å²) in [7, 11) is 0. The van der Waals surface area contributed by atoms with Gasteiger partial charge in [-0.2, -0.15) is 0 Å². The zero-order valence-electron chi connectivity index (χ0n) is 11.6. The number of hydrogen-bond acceptors (Lipinski definition) is 3. The second kappa shape index (κ2) is 6.95. The molecule has 1 aliphatic rings. The zero-order valence-corrected chi connectivity index (χ0v) is 12.3. The lowest BCUT2D eigenvalue weighted by molar-refractivity contribution is -0.144. The molecule has 1 heterocycles. The van der Waals surface area contributed by atoms with E-state index < -0.39 is 5.97 Å². The lowest BCUT2D eigenvalue weighted by Crippen LogP contribution is -2.44. The molecule has 0 radical (unpaired) electrons. The molecule has 1 aliphatic heterocycles. The number of carboxylic acids is 1. The van der Waals surface area contributed by atoms with Crippen LogP contribution in [0.15, 0.2) is 24.3 Å². The van der Waals surface area contributed by atoms with Crippen LogP contribution in [0.5, 0.6) is 5.75 Å². The third kappa shape index (κ3) is 4.12. The van der Waals surface area contributed by atoms with E-state index in [9.17, 15) is 4.79 Å². The summed E-state index contributed by atoms with van der Waals surface area (Å²) in [5, 5.41) is 9.74. The van der Waals surface area contributed by atoms with Crippen molar-refractivity contribution in [3.8, 4) is 5.75 Å². The molecule has 0 spiro atoms. The van der Waals surface area contributed by atoms with Gasteiger partial charge in [0.15, 0.2) is 0 Å². The molecule has 0 aromatic heterocycles. The Labute approximate surface area is 124 Å². The van der Waals surface area contributed by atoms with Gasteiger partial charge in [0.25, 0.3) is 0 Å². The molecule has 2 rings (SSSR count). The molecule has 1 saturated heterocycles. The average Bonchev–Trinajstić information content (AvgIpc) is 2.40. The van der Waals surface area contributed by atoms with E-state index in [1.807, 2.05) is 18.2 Å². The molecule has 0 aliphatic carbocycles. The Kier molecular flexibility index (Phi) is 5.26. The lowest BCUT2D eigenvalue weighted by Gasteiger charge is -2.34. The van der Waals surface area contributed by atoms with Crippen molar-refractivity contribution in [2.75, 3.05) is 26.2 Å². The maximum atomic E-state index is 11.1. The van der Waals surface area contributed by atoms with Crippen molar-refractivity contribution in [1.29, 1.82) is 0 Å². The van der Waals surface area contributed by atoms with Gasteiger partial charge < -0.3 is 9.84 Å². The number of ether oxygens (including phenoxy) is 1. The predicted octanol–water partition coefficient (Wildman–Crippen LogP) is 2.76. The maximum absolute atomic E-state index is 11.1. The molecule has 0 saturated carbocycles. The first-order chi connectivity index (χ1) is 9.56. The third-order valence-electron chi connectivity index (χ3n) is 3.59. The van der Waals surface area contributed by atoms with E-state index in [1.54, 1.807) is 6.07 Å². The van der Waals surface area contributed by atoms with Crippen molar-refractivity contribution >= 4 is 17.6 Å². The van der Waals surface area contributed by atoms with Crippen molar-refractivity contribution in [3.05, 3.63) is 29.3 Å². The van der Waals surface area contributed by atoms with Gasteiger partial charge >= 0.3 is 5.97 Å². The molecule has 0 bridgehead atoms. The van der Waals surface area contributed by atoms with Crippen molar-refractivity contribution in [3.63, 3.8) is 0 Å². The highest BCUT2D eigenvalue weighted by atomic mass is 35.5. The molecular formula is C15H20ClNO3. The first-order valence-corrected chi connectivity index (χ1v) is 7.26. The Morgan fingerprint density at radius 3 is 2.90 bits per heavy atom. The van der Waals surface area contributed by atoms with E-state index in [2.05, 4.69) is 11.8 Å². The van der Waals surface area contributed by atoms with Crippen molar-refractivity contribution < 1.29 is 14.6 Å². The normalized spacial score (nSPS) is 23.5. The van der Waals surface area contributed by atoms with Crippen LogP contribution in [0.1, 0.15) is 13.3 Å². The number of hydrogen-bond donors (Lipinski definition) is 1. The lowest BCUT2D eigenvalue weighted by atomic mass is 9.90. The van der Waals surface area contributed by atoms with Crippen LogP contribution < -0.4 is 4.74 Å². The molecule has 110 valence electrons. The second-order valence-corrected chi connectivity index (χ2v) is 5.82. The van der Waals surface area contributed by atoms with Crippen LogP contribution >= 0.6 is 11.6 Å². The molecule has 0 amide bonds. The molecule has 1 N–H and O–H groups in total. The molecule has 1 aromatic carbocycles. The number of aliphatic carboxylic acids is 1. The van der Waals surface area contributed by atoms with Gasteiger partial charge in [-0.3, -0.25) is 9.69 Å². The van der Waals surface area contributed by atoms with E-state index in [4.69, 9.17) is 21.4 Å². The molecule has 1 aromatic rings. The molecular weight excluding hydrogens is 278 g/mol. The van der Waals surface area contributed by atoms with Crippen LogP contribution in [0, 0.1) is 11.8 Å². The Morgan fingerprint density at radius 1 is 1.45 bits per heavy atom. The first-order valence-electron chi connectivity index (χ1n) is 6.88. The fraction of sp³-hybridized carbons (Fsp3) is 0.533. The van der Waals surface area contributed by atoms with Crippen molar-refractivity contribution in [2.24, 2.45) is 11.8 Å². The predicted molar refractivity (Wildman–Crippen MR) is 78.3 cm³/mol. The highest BCUT2D eigenvalue weighted by Gasteiger charge is 2.29. The van der Waals surface area contributed by atoms with Crippen molar-refractivity contribution in [2.45, 2.75) is 13.3 Å². The van der Waals surface area contributed by atoms with E-state index in [0.717, 1.165) is 19.5 Å². The number of carboxylic acid groups (broad SMARTS) is 1. The summed E-state index contributed by atoms with van der Waals surface area (Å²) in [6, 6.07) is 7.37. The minimum Gasteiger partial charge on any atom is -0.491 e. The van der Waals surface area contributed by atoms with Gasteiger partial charge in [0.1, 0.15) is 12.4 Å². The topological polar surface area (TPSA) is 49.8 Å². The monoisotopic (exact) mass is 297 g/mol. The van der Waals surface area contributed by atoms with E-state index in [-0.39, 0.29) is 5.92 Å². The smallest absolute Gasteiger partial charge is 0.307 e. The Hall–Kier alpha value is -1.26. The minimum absolute atomic E-state index is 0.265. The number of rotatable bonds is 5. The third-order valence-corrected chi connectivity index (χ3v) is 3.90. The van der Waals surface area contributed by atoms with Gasteiger partial charge in [0.2, 0.25) is 0 Å². The number of likely N-dealkylation sites (tertiary alicyclic amines) is 1. The number of nitrogens with zero attached hydrogens (tertiary/aromatic N) is 1. The Balaban J connectivity index is 1.81. The van der Waals surface area contributed by atoms with Gasteiger partial charge in [-0.1, -0.05) is 30.7 Å². The van der Waals surface area contributed by atoms with Crippen LogP contribution in [0.2, 0.25) is 5.02 Å². The molecule has 20 heavy (non-hydrogen) atoms. The Bertz CT molecular complexity index is 466. The van der Waals surface area contributed by atoms with Crippen LogP contribution in [0.25, 0.3) is 0 Å². The molecule has 4 nitrogen and oxygen atoms in total. The number of para-hydroxylation sites is 1. The van der Waals surface area contributed by atoms with Crippen molar-refractivity contribution in [1.82, 2.24) is 4.90 Å². The van der Waals surface area contributed by atoms with Gasteiger partial charge in [0, 0.05) is 19.6 Å². The minimum atomic E-state index is -0.700. The number of piperidine rings is 1. The summed E-state index contributed by atoms with van der Waals surface area (Å²) >= 11 is 6.02. The zero-order chi connectivity index (χ0) is 14.5. The van der Waals surface area contributed by atoms with E-state index in [1.165, 1.54) is 0 Å². The first kappa shape index (κ1) is 15.1. The summed E-state index contributed by atoms with van der Waals surface area (Å²) in [4.78, 5) is 13.3. The number of halogens is 1. The van der Waals surface area contributed by atoms with E-state index in [0.29, 0.717) is 29.8 Å². The molecule has 5 heteroatoms. The largest absolute Gasteiger partial charge is 0.491 e. The number of carbonyl (C=O) groups is 1. The average molecular weight is 298 g/mol. The summed E-state index contributed by atoms with van der Waals surface area (Å²) in [5.74, 6) is 0.117. The highest BCUT2D eigenvalue weighted by molar-refractivity contribution is 6.32. The Morgan fingerprint density at radius 2 is 2.20 bits per heavy atom. The van der Waals surface area contributed by atoms with Crippen LogP contribution in [-0.2, 0) is 4.79 Å². The standard InChI is InChI=1S/C15H20ClNO3/c1-11-8-12(15(18)19)10-17(9-11)6-7-20-14-5-3-2-4-13(14)16/h2-5,11-12H,6-10H2,1H3,(H,18,19). The van der Waals surface area contributed by atoms with Gasteiger partial charge in [-0.05, 0) is 24.5 Å². The van der Waals surface area contributed by atoms with Gasteiger partial charge in [-0.15, -0.1) is 0 Å². The fourth-order valence-electron chi connectivity index (χ4n) is 2.67. The van der Waals surface area contributed by atoms with Crippen LogP contribution in [0.4, 0.5) is 0 Å². The molecule has 1 fully saturated rings. The molecule has 2 atom stereocenters. The van der Waals surface area contributed by atoms with Gasteiger partial charge in [0.05, 0.1) is 10.9 Å². The number of benzene rings is 1. The summed E-state index contributed by atoms with van der Waals surface area (Å²) in [6.07, 6.45) is 0.761. The van der Waals surface area contributed by atoms with Crippen LogP contribution in [-0.4, -0.2) is 42.2 Å².